The van der Waals surface area contributed by atoms with Gasteiger partial charge in [-0.2, -0.15) is 0 Å². The van der Waals surface area contributed by atoms with Gasteiger partial charge in [0.05, 0.1) is 17.7 Å². The summed E-state index contributed by atoms with van der Waals surface area (Å²) in [4.78, 5) is 27.5. The van der Waals surface area contributed by atoms with Crippen LogP contribution in [0, 0.1) is 5.82 Å². The first kappa shape index (κ1) is 17.0. The maximum atomic E-state index is 13.2. The predicted octanol–water partition coefficient (Wildman–Crippen LogP) is 1.97. The summed E-state index contributed by atoms with van der Waals surface area (Å²) >= 11 is 0. The molecule has 3 N–H and O–H groups in total. The number of hydrogen-bond acceptors (Lipinski definition) is 4. The molecule has 1 aromatic carbocycles. The Morgan fingerprint density at radius 1 is 1.24 bits per heavy atom. The summed E-state index contributed by atoms with van der Waals surface area (Å²) < 4.78 is 18.9. The van der Waals surface area contributed by atoms with Gasteiger partial charge in [0.2, 0.25) is 0 Å². The number of hydrogen-bond donors (Lipinski definition) is 2. The number of halogens is 1. The van der Waals surface area contributed by atoms with Crippen molar-refractivity contribution in [2.24, 2.45) is 5.73 Å². The van der Waals surface area contributed by atoms with Crippen LogP contribution in [0.25, 0.3) is 0 Å². The van der Waals surface area contributed by atoms with E-state index in [2.05, 4.69) is 10.3 Å². The standard InChI is InChI=1S/C18H18FN3O3/c19-13-6-3-11(4-7-13)16(15-2-1-9-25-15)22-18(24)12-5-8-14(17(20)23)21-10-12/h3-8,10,15-16H,1-2,9H2,(H2,20,23)(H,22,24)/t15-,16+/m0/s1. The van der Waals surface area contributed by atoms with Crippen molar-refractivity contribution >= 4 is 11.8 Å². The lowest BCUT2D eigenvalue weighted by atomic mass is 9.99. The van der Waals surface area contributed by atoms with Gasteiger partial charge in [0, 0.05) is 12.8 Å². The Balaban J connectivity index is 1.80. The van der Waals surface area contributed by atoms with Crippen molar-refractivity contribution in [2.45, 2.75) is 25.0 Å². The number of carbonyl (C=O) groups is 2. The molecule has 1 saturated heterocycles. The fraction of sp³-hybridized carbons (Fsp3) is 0.278. The van der Waals surface area contributed by atoms with Gasteiger partial charge in [-0.15, -0.1) is 0 Å². The number of pyridine rings is 1. The third-order valence-corrected chi connectivity index (χ3v) is 4.13. The van der Waals surface area contributed by atoms with E-state index >= 15 is 0 Å². The average Bonchev–Trinajstić information content (AvgIpc) is 3.15. The Bertz CT molecular complexity index is 756. The minimum Gasteiger partial charge on any atom is -0.376 e. The minimum atomic E-state index is -0.657. The Kier molecular flexibility index (Phi) is 5.04. The monoisotopic (exact) mass is 343 g/mol. The highest BCUT2D eigenvalue weighted by Crippen LogP contribution is 2.27. The van der Waals surface area contributed by atoms with Crippen LogP contribution in [0.3, 0.4) is 0 Å². The minimum absolute atomic E-state index is 0.0887. The molecule has 2 heterocycles. The van der Waals surface area contributed by atoms with Gasteiger partial charge in [-0.1, -0.05) is 12.1 Å². The SMILES string of the molecule is NC(=O)c1ccc(C(=O)N[C@H](c2ccc(F)cc2)[C@@H]2CCCO2)cn1. The maximum absolute atomic E-state index is 13.2. The lowest BCUT2D eigenvalue weighted by Crippen LogP contribution is -2.36. The summed E-state index contributed by atoms with van der Waals surface area (Å²) in [5, 5.41) is 2.92. The van der Waals surface area contributed by atoms with Crippen LogP contribution in [0.15, 0.2) is 42.6 Å². The molecule has 0 radical (unpaired) electrons. The van der Waals surface area contributed by atoms with Crippen LogP contribution < -0.4 is 11.1 Å². The topological polar surface area (TPSA) is 94.3 Å². The van der Waals surface area contributed by atoms with Gasteiger partial charge >= 0.3 is 0 Å². The van der Waals surface area contributed by atoms with Crippen LogP contribution >= 0.6 is 0 Å². The molecular weight excluding hydrogens is 325 g/mol. The van der Waals surface area contributed by atoms with Crippen LogP contribution in [0.1, 0.15) is 45.3 Å². The Morgan fingerprint density at radius 2 is 2.00 bits per heavy atom. The molecule has 2 aromatic rings. The molecule has 25 heavy (non-hydrogen) atoms. The second kappa shape index (κ2) is 7.40. The highest BCUT2D eigenvalue weighted by Gasteiger charge is 2.29. The summed E-state index contributed by atoms with van der Waals surface area (Å²) in [6.45, 7) is 0.632. The van der Waals surface area contributed by atoms with Crippen LogP contribution in [0.4, 0.5) is 4.39 Å². The van der Waals surface area contributed by atoms with E-state index in [1.807, 2.05) is 0 Å². The highest BCUT2D eigenvalue weighted by molar-refractivity contribution is 5.96. The molecule has 1 aliphatic rings. The zero-order valence-electron chi connectivity index (χ0n) is 13.4. The summed E-state index contributed by atoms with van der Waals surface area (Å²) in [5.41, 5.74) is 6.30. The largest absolute Gasteiger partial charge is 0.376 e. The van der Waals surface area contributed by atoms with Crippen molar-refractivity contribution in [2.75, 3.05) is 6.61 Å². The predicted molar refractivity (Wildman–Crippen MR) is 88.3 cm³/mol. The number of nitrogens with two attached hydrogens (primary N) is 1. The van der Waals surface area contributed by atoms with E-state index in [1.54, 1.807) is 12.1 Å². The molecule has 0 unspecified atom stereocenters. The molecule has 2 atom stereocenters. The zero-order chi connectivity index (χ0) is 17.8. The Morgan fingerprint density at radius 3 is 2.56 bits per heavy atom. The van der Waals surface area contributed by atoms with Gasteiger partial charge < -0.3 is 15.8 Å². The van der Waals surface area contributed by atoms with E-state index in [4.69, 9.17) is 10.5 Å². The number of ether oxygens (including phenoxy) is 1. The molecule has 6 nitrogen and oxygen atoms in total. The number of benzene rings is 1. The zero-order valence-corrected chi connectivity index (χ0v) is 13.4. The number of aromatic nitrogens is 1. The fourth-order valence-corrected chi connectivity index (χ4v) is 2.82. The number of carbonyl (C=O) groups excluding carboxylic acids is 2. The molecule has 1 aliphatic heterocycles. The van der Waals surface area contributed by atoms with E-state index in [9.17, 15) is 14.0 Å². The Hall–Kier alpha value is -2.80. The summed E-state index contributed by atoms with van der Waals surface area (Å²) in [6.07, 6.45) is 2.84. The number of rotatable bonds is 5. The van der Waals surface area contributed by atoms with Crippen LogP contribution in [-0.4, -0.2) is 29.5 Å². The third-order valence-electron chi connectivity index (χ3n) is 4.13. The fourth-order valence-electron chi connectivity index (χ4n) is 2.82. The Labute approximate surface area is 144 Å². The first-order chi connectivity index (χ1) is 12.0. The van der Waals surface area contributed by atoms with Gasteiger partial charge in [0.15, 0.2) is 0 Å². The van der Waals surface area contributed by atoms with Gasteiger partial charge in [0.25, 0.3) is 11.8 Å². The number of nitrogens with one attached hydrogen (secondary N) is 1. The first-order valence-electron chi connectivity index (χ1n) is 7.98. The normalized spacial score (nSPS) is 17.9. The smallest absolute Gasteiger partial charge is 0.267 e. The van der Waals surface area contributed by atoms with E-state index in [0.717, 1.165) is 18.4 Å². The highest BCUT2D eigenvalue weighted by atomic mass is 19.1. The van der Waals surface area contributed by atoms with Gasteiger partial charge in [-0.05, 0) is 42.7 Å². The molecule has 2 amide bonds. The number of primary amides is 1. The molecule has 0 spiro atoms. The average molecular weight is 343 g/mol. The molecule has 0 saturated carbocycles. The molecule has 0 bridgehead atoms. The lowest BCUT2D eigenvalue weighted by molar-refractivity contribution is 0.0672. The van der Waals surface area contributed by atoms with E-state index < -0.39 is 11.9 Å². The molecule has 7 heteroatoms. The molecule has 130 valence electrons. The van der Waals surface area contributed by atoms with Crippen LogP contribution in [0.2, 0.25) is 0 Å². The molecule has 3 rings (SSSR count). The lowest BCUT2D eigenvalue weighted by Gasteiger charge is -2.24. The maximum Gasteiger partial charge on any atom is 0.267 e. The summed E-state index contributed by atoms with van der Waals surface area (Å²) in [6, 6.07) is 8.47. The third kappa shape index (κ3) is 4.00. The van der Waals surface area contributed by atoms with Crippen molar-refractivity contribution in [3.63, 3.8) is 0 Å². The van der Waals surface area contributed by atoms with Crippen molar-refractivity contribution in [3.05, 3.63) is 65.2 Å². The van der Waals surface area contributed by atoms with E-state index in [0.29, 0.717) is 12.2 Å². The number of amides is 2. The molecule has 0 aliphatic carbocycles. The summed E-state index contributed by atoms with van der Waals surface area (Å²) in [5.74, 6) is -1.35. The number of nitrogens with zero attached hydrogens (tertiary/aromatic N) is 1. The quantitative estimate of drug-likeness (QED) is 0.868. The van der Waals surface area contributed by atoms with Crippen molar-refractivity contribution < 1.29 is 18.7 Å². The van der Waals surface area contributed by atoms with Gasteiger partial charge in [0.1, 0.15) is 11.5 Å². The summed E-state index contributed by atoms with van der Waals surface area (Å²) in [7, 11) is 0. The molecular formula is C18H18FN3O3. The molecule has 1 fully saturated rings. The van der Waals surface area contributed by atoms with Crippen molar-refractivity contribution in [3.8, 4) is 0 Å². The van der Waals surface area contributed by atoms with Gasteiger partial charge in [-0.25, -0.2) is 4.39 Å². The van der Waals surface area contributed by atoms with Crippen molar-refractivity contribution in [1.82, 2.24) is 10.3 Å². The van der Waals surface area contributed by atoms with E-state index in [1.165, 1.54) is 30.5 Å². The van der Waals surface area contributed by atoms with Crippen LogP contribution in [0.5, 0.6) is 0 Å². The van der Waals surface area contributed by atoms with Crippen LogP contribution in [-0.2, 0) is 4.74 Å². The molecule has 1 aromatic heterocycles. The van der Waals surface area contributed by atoms with Gasteiger partial charge in [-0.3, -0.25) is 14.6 Å². The second-order valence-corrected chi connectivity index (χ2v) is 5.85. The first-order valence-corrected chi connectivity index (χ1v) is 7.98. The van der Waals surface area contributed by atoms with Crippen molar-refractivity contribution in [1.29, 1.82) is 0 Å². The van der Waals surface area contributed by atoms with E-state index in [-0.39, 0.29) is 23.5 Å². The second-order valence-electron chi connectivity index (χ2n) is 5.85.